The number of ether oxygens (including phenoxy) is 1. The van der Waals surface area contributed by atoms with E-state index in [1.54, 1.807) is 7.11 Å². The molecule has 1 N–H and O–H groups in total. The smallest absolute Gasteiger partial charge is 0.118 e. The summed E-state index contributed by atoms with van der Waals surface area (Å²) in [7, 11) is 1.69. The minimum atomic E-state index is 0.497. The van der Waals surface area contributed by atoms with Crippen LogP contribution in [-0.2, 0) is 6.42 Å². The second-order valence-corrected chi connectivity index (χ2v) is 5.85. The highest BCUT2D eigenvalue weighted by molar-refractivity contribution is 5.64. The van der Waals surface area contributed by atoms with Crippen LogP contribution in [0.5, 0.6) is 5.75 Å². The SMILES string of the molecule is COc1ccc(-c2ccc(CC(C)NC(C)C)cc2)cc1. The molecule has 2 aromatic carbocycles. The molecule has 112 valence electrons. The lowest BCUT2D eigenvalue weighted by Gasteiger charge is -2.17. The molecular weight excluding hydrogens is 258 g/mol. The van der Waals surface area contributed by atoms with Gasteiger partial charge in [0.05, 0.1) is 7.11 Å². The first-order valence-corrected chi connectivity index (χ1v) is 7.58. The molecule has 0 radical (unpaired) electrons. The maximum absolute atomic E-state index is 5.19. The summed E-state index contributed by atoms with van der Waals surface area (Å²) >= 11 is 0. The van der Waals surface area contributed by atoms with Gasteiger partial charge in [0.1, 0.15) is 5.75 Å². The third-order valence-corrected chi connectivity index (χ3v) is 3.54. The number of hydrogen-bond donors (Lipinski definition) is 1. The van der Waals surface area contributed by atoms with E-state index < -0.39 is 0 Å². The zero-order valence-electron chi connectivity index (χ0n) is 13.4. The predicted molar refractivity (Wildman–Crippen MR) is 89.9 cm³/mol. The van der Waals surface area contributed by atoms with E-state index in [9.17, 15) is 0 Å². The molecule has 0 heterocycles. The fourth-order valence-corrected chi connectivity index (χ4v) is 2.60. The Morgan fingerprint density at radius 3 is 1.86 bits per heavy atom. The van der Waals surface area contributed by atoms with Crippen LogP contribution in [0.1, 0.15) is 26.3 Å². The van der Waals surface area contributed by atoms with Crippen LogP contribution in [0.15, 0.2) is 48.5 Å². The molecule has 0 fully saturated rings. The molecule has 0 bridgehead atoms. The molecule has 0 aliphatic rings. The molecular formula is C19H25NO. The number of nitrogens with one attached hydrogen (secondary N) is 1. The van der Waals surface area contributed by atoms with Gasteiger partial charge < -0.3 is 10.1 Å². The molecule has 2 heteroatoms. The van der Waals surface area contributed by atoms with Gasteiger partial charge in [-0.2, -0.15) is 0 Å². The molecule has 0 aromatic heterocycles. The molecule has 0 saturated heterocycles. The first kappa shape index (κ1) is 15.6. The van der Waals surface area contributed by atoms with Crippen molar-refractivity contribution in [2.24, 2.45) is 0 Å². The van der Waals surface area contributed by atoms with E-state index >= 15 is 0 Å². The number of hydrogen-bond acceptors (Lipinski definition) is 2. The van der Waals surface area contributed by atoms with Crippen LogP contribution in [0.2, 0.25) is 0 Å². The lowest BCUT2D eigenvalue weighted by molar-refractivity contribution is 0.415. The highest BCUT2D eigenvalue weighted by Gasteiger charge is 2.05. The second-order valence-electron chi connectivity index (χ2n) is 5.85. The van der Waals surface area contributed by atoms with Gasteiger partial charge in [-0.25, -0.2) is 0 Å². The van der Waals surface area contributed by atoms with Crippen LogP contribution < -0.4 is 10.1 Å². The maximum Gasteiger partial charge on any atom is 0.118 e. The van der Waals surface area contributed by atoms with Crippen molar-refractivity contribution in [1.29, 1.82) is 0 Å². The second kappa shape index (κ2) is 7.28. The van der Waals surface area contributed by atoms with Crippen LogP contribution in [-0.4, -0.2) is 19.2 Å². The molecule has 0 saturated carbocycles. The third-order valence-electron chi connectivity index (χ3n) is 3.54. The quantitative estimate of drug-likeness (QED) is 0.854. The van der Waals surface area contributed by atoms with Crippen molar-refractivity contribution in [3.05, 3.63) is 54.1 Å². The molecule has 0 aliphatic heterocycles. The number of rotatable bonds is 6. The van der Waals surface area contributed by atoms with Crippen molar-refractivity contribution in [1.82, 2.24) is 5.32 Å². The lowest BCUT2D eigenvalue weighted by Crippen LogP contribution is -2.33. The van der Waals surface area contributed by atoms with E-state index in [0.29, 0.717) is 12.1 Å². The van der Waals surface area contributed by atoms with Gasteiger partial charge in [0.25, 0.3) is 0 Å². The fraction of sp³-hybridized carbons (Fsp3) is 0.368. The van der Waals surface area contributed by atoms with Crippen molar-refractivity contribution in [3.8, 4) is 16.9 Å². The Labute approximate surface area is 128 Å². The van der Waals surface area contributed by atoms with E-state index in [1.165, 1.54) is 16.7 Å². The summed E-state index contributed by atoms with van der Waals surface area (Å²) in [6, 6.07) is 18.0. The largest absolute Gasteiger partial charge is 0.497 e. The molecule has 2 aromatic rings. The van der Waals surface area contributed by atoms with Crippen LogP contribution in [0, 0.1) is 0 Å². The standard InChI is InChI=1S/C19H25NO/c1-14(2)20-15(3)13-16-5-7-17(8-6-16)18-9-11-19(21-4)12-10-18/h5-12,14-15,20H,13H2,1-4H3. The van der Waals surface area contributed by atoms with Crippen molar-refractivity contribution < 1.29 is 4.74 Å². The molecule has 1 atom stereocenters. The van der Waals surface area contributed by atoms with Gasteiger partial charge in [-0.1, -0.05) is 50.2 Å². The zero-order chi connectivity index (χ0) is 15.2. The molecule has 2 rings (SSSR count). The summed E-state index contributed by atoms with van der Waals surface area (Å²) in [6.07, 6.45) is 1.06. The third kappa shape index (κ3) is 4.61. The first-order chi connectivity index (χ1) is 10.1. The summed E-state index contributed by atoms with van der Waals surface area (Å²) < 4.78 is 5.19. The zero-order valence-corrected chi connectivity index (χ0v) is 13.4. The number of methoxy groups -OCH3 is 1. The van der Waals surface area contributed by atoms with E-state index in [0.717, 1.165) is 12.2 Å². The average Bonchev–Trinajstić information content (AvgIpc) is 2.47. The highest BCUT2D eigenvalue weighted by Crippen LogP contribution is 2.23. The van der Waals surface area contributed by atoms with E-state index in [2.05, 4.69) is 62.5 Å². The van der Waals surface area contributed by atoms with E-state index in [1.807, 2.05) is 12.1 Å². The van der Waals surface area contributed by atoms with Crippen LogP contribution >= 0.6 is 0 Å². The summed E-state index contributed by atoms with van der Waals surface area (Å²) in [5.41, 5.74) is 3.83. The van der Waals surface area contributed by atoms with Gasteiger partial charge in [0, 0.05) is 12.1 Å². The first-order valence-electron chi connectivity index (χ1n) is 7.58. The Morgan fingerprint density at radius 1 is 0.857 bits per heavy atom. The van der Waals surface area contributed by atoms with Gasteiger partial charge in [0.15, 0.2) is 0 Å². The average molecular weight is 283 g/mol. The lowest BCUT2D eigenvalue weighted by atomic mass is 10.0. The summed E-state index contributed by atoms with van der Waals surface area (Å²) in [5, 5.41) is 3.54. The molecule has 0 amide bonds. The Balaban J connectivity index is 2.04. The molecule has 0 spiro atoms. The minimum absolute atomic E-state index is 0.497. The molecule has 1 unspecified atom stereocenters. The summed E-state index contributed by atoms with van der Waals surface area (Å²) in [6.45, 7) is 6.60. The van der Waals surface area contributed by atoms with Gasteiger partial charge in [-0.3, -0.25) is 0 Å². The molecule has 0 aliphatic carbocycles. The topological polar surface area (TPSA) is 21.3 Å². The van der Waals surface area contributed by atoms with Crippen molar-refractivity contribution in [3.63, 3.8) is 0 Å². The van der Waals surface area contributed by atoms with Crippen LogP contribution in [0.3, 0.4) is 0 Å². The Kier molecular flexibility index (Phi) is 5.40. The summed E-state index contributed by atoms with van der Waals surface area (Å²) in [4.78, 5) is 0. The highest BCUT2D eigenvalue weighted by atomic mass is 16.5. The van der Waals surface area contributed by atoms with E-state index in [-0.39, 0.29) is 0 Å². The van der Waals surface area contributed by atoms with Crippen molar-refractivity contribution in [2.75, 3.05) is 7.11 Å². The predicted octanol–water partition coefficient (Wildman–Crippen LogP) is 4.29. The van der Waals surface area contributed by atoms with Gasteiger partial charge in [-0.15, -0.1) is 0 Å². The maximum atomic E-state index is 5.19. The van der Waals surface area contributed by atoms with E-state index in [4.69, 9.17) is 4.74 Å². The fourth-order valence-electron chi connectivity index (χ4n) is 2.60. The molecule has 21 heavy (non-hydrogen) atoms. The number of benzene rings is 2. The Morgan fingerprint density at radius 2 is 1.38 bits per heavy atom. The Bertz CT molecular complexity index is 543. The van der Waals surface area contributed by atoms with Crippen LogP contribution in [0.4, 0.5) is 0 Å². The minimum Gasteiger partial charge on any atom is -0.497 e. The van der Waals surface area contributed by atoms with Gasteiger partial charge in [0.2, 0.25) is 0 Å². The molecule has 2 nitrogen and oxygen atoms in total. The van der Waals surface area contributed by atoms with Gasteiger partial charge in [-0.05, 0) is 42.2 Å². The monoisotopic (exact) mass is 283 g/mol. The normalized spacial score (nSPS) is 12.4. The van der Waals surface area contributed by atoms with Crippen LogP contribution in [0.25, 0.3) is 11.1 Å². The summed E-state index contributed by atoms with van der Waals surface area (Å²) in [5.74, 6) is 0.893. The Hall–Kier alpha value is -1.80. The van der Waals surface area contributed by atoms with Crippen molar-refractivity contribution in [2.45, 2.75) is 39.3 Å². The van der Waals surface area contributed by atoms with Crippen molar-refractivity contribution >= 4 is 0 Å². The van der Waals surface area contributed by atoms with Gasteiger partial charge >= 0.3 is 0 Å².